The summed E-state index contributed by atoms with van der Waals surface area (Å²) < 4.78 is 33.2. The number of nitrogens with zero attached hydrogens (tertiary/aromatic N) is 2. The van der Waals surface area contributed by atoms with Gasteiger partial charge in [0.25, 0.3) is 10.0 Å². The molecule has 2 N–H and O–H groups in total. The summed E-state index contributed by atoms with van der Waals surface area (Å²) in [5, 5.41) is 9.27. The van der Waals surface area contributed by atoms with E-state index in [0.29, 0.717) is 24.7 Å². The maximum Gasteiger partial charge on any atom is 0.337 e. The van der Waals surface area contributed by atoms with Crippen LogP contribution < -0.4 is 14.4 Å². The second-order valence-electron chi connectivity index (χ2n) is 6.17. The van der Waals surface area contributed by atoms with Gasteiger partial charge in [-0.3, -0.25) is 4.72 Å². The first-order valence-electron chi connectivity index (χ1n) is 8.97. The molecule has 1 heterocycles. The van der Waals surface area contributed by atoms with Gasteiger partial charge < -0.3 is 14.7 Å². The van der Waals surface area contributed by atoms with Gasteiger partial charge in [-0.05, 0) is 43.2 Å². The molecule has 1 aromatic heterocycles. The third kappa shape index (κ3) is 5.13. The maximum atomic E-state index is 12.8. The molecule has 0 radical (unpaired) electrons. The van der Waals surface area contributed by atoms with Gasteiger partial charge >= 0.3 is 5.97 Å². The number of hydrogen-bond acceptors (Lipinski definition) is 6. The topological polar surface area (TPSA) is 109 Å². The van der Waals surface area contributed by atoms with E-state index in [1.54, 1.807) is 12.1 Å². The molecule has 0 spiro atoms. The smallest absolute Gasteiger partial charge is 0.337 e. The Morgan fingerprint density at radius 3 is 2.29 bits per heavy atom. The molecule has 2 rings (SSSR count). The lowest BCUT2D eigenvalue weighted by molar-refractivity contribution is 0.0696. The van der Waals surface area contributed by atoms with Crippen LogP contribution in [0.2, 0.25) is 0 Å². The summed E-state index contributed by atoms with van der Waals surface area (Å²) in [7, 11) is -2.44. The molecule has 152 valence electrons. The number of pyridine rings is 1. The number of sulfonamides is 1. The van der Waals surface area contributed by atoms with Gasteiger partial charge in [-0.25, -0.2) is 18.2 Å². The molecule has 28 heavy (non-hydrogen) atoms. The number of ether oxygens (including phenoxy) is 1. The lowest BCUT2D eigenvalue weighted by Crippen LogP contribution is -2.28. The van der Waals surface area contributed by atoms with E-state index in [1.807, 2.05) is 18.7 Å². The van der Waals surface area contributed by atoms with E-state index >= 15 is 0 Å². The Morgan fingerprint density at radius 2 is 1.79 bits per heavy atom. The standard InChI is InChI=1S/C19H25N3O5S/c1-4-10-22(11-5-2)18-17(12-14(13-20-18)19(23)24)21-28(25,26)16-8-6-15(27-3)7-9-16/h6-9,12-13,21H,4-5,10-11H2,1-3H3,(H,23,24). The largest absolute Gasteiger partial charge is 0.497 e. The number of methoxy groups -OCH3 is 1. The van der Waals surface area contributed by atoms with Crippen LogP contribution in [0.5, 0.6) is 5.75 Å². The van der Waals surface area contributed by atoms with Gasteiger partial charge in [0, 0.05) is 19.3 Å². The first-order valence-corrected chi connectivity index (χ1v) is 10.5. The van der Waals surface area contributed by atoms with Crippen LogP contribution >= 0.6 is 0 Å². The van der Waals surface area contributed by atoms with Crippen molar-refractivity contribution in [2.45, 2.75) is 31.6 Å². The monoisotopic (exact) mass is 407 g/mol. The molecule has 0 amide bonds. The Morgan fingerprint density at radius 1 is 1.18 bits per heavy atom. The number of carboxylic acids is 1. The van der Waals surface area contributed by atoms with E-state index in [2.05, 4.69) is 9.71 Å². The molecular formula is C19H25N3O5S. The van der Waals surface area contributed by atoms with Gasteiger partial charge in [0.1, 0.15) is 5.75 Å². The van der Waals surface area contributed by atoms with Crippen molar-refractivity contribution in [2.75, 3.05) is 29.8 Å². The quantitative estimate of drug-likeness (QED) is 0.622. The Labute approximate surface area is 165 Å². The van der Waals surface area contributed by atoms with Crippen LogP contribution in [0.4, 0.5) is 11.5 Å². The summed E-state index contributed by atoms with van der Waals surface area (Å²) in [6.45, 7) is 5.36. The Hall–Kier alpha value is -2.81. The van der Waals surface area contributed by atoms with Crippen LogP contribution in [-0.2, 0) is 10.0 Å². The van der Waals surface area contributed by atoms with Crippen LogP contribution in [-0.4, -0.2) is 44.7 Å². The third-order valence-electron chi connectivity index (χ3n) is 4.01. The minimum atomic E-state index is -3.93. The molecule has 0 fully saturated rings. The van der Waals surface area contributed by atoms with Crippen molar-refractivity contribution in [3.8, 4) is 5.75 Å². The van der Waals surface area contributed by atoms with Crippen molar-refractivity contribution >= 4 is 27.5 Å². The summed E-state index contributed by atoms with van der Waals surface area (Å²) >= 11 is 0. The average Bonchev–Trinajstić information content (AvgIpc) is 2.67. The fourth-order valence-corrected chi connectivity index (χ4v) is 3.78. The number of nitrogens with one attached hydrogen (secondary N) is 1. The summed E-state index contributed by atoms with van der Waals surface area (Å²) in [4.78, 5) is 17.6. The third-order valence-corrected chi connectivity index (χ3v) is 5.40. The number of anilines is 2. The van der Waals surface area contributed by atoms with Crippen molar-refractivity contribution in [1.29, 1.82) is 0 Å². The SMILES string of the molecule is CCCN(CCC)c1ncc(C(=O)O)cc1NS(=O)(=O)c1ccc(OC)cc1. The maximum absolute atomic E-state index is 12.8. The lowest BCUT2D eigenvalue weighted by atomic mass is 10.2. The number of rotatable bonds is 10. The molecule has 8 nitrogen and oxygen atoms in total. The van der Waals surface area contributed by atoms with E-state index in [0.717, 1.165) is 12.8 Å². The first kappa shape index (κ1) is 21.5. The number of carbonyl (C=O) groups is 1. The zero-order valence-corrected chi connectivity index (χ0v) is 17.0. The molecule has 0 unspecified atom stereocenters. The summed E-state index contributed by atoms with van der Waals surface area (Å²) in [5.74, 6) is -0.237. The van der Waals surface area contributed by atoms with Crippen LogP contribution in [0, 0.1) is 0 Å². The van der Waals surface area contributed by atoms with Crippen molar-refractivity contribution in [3.05, 3.63) is 42.1 Å². The molecule has 0 aliphatic carbocycles. The van der Waals surface area contributed by atoms with Gasteiger partial charge in [-0.2, -0.15) is 0 Å². The number of benzene rings is 1. The predicted octanol–water partition coefficient (Wildman–Crippen LogP) is 3.22. The number of hydrogen-bond donors (Lipinski definition) is 2. The molecule has 9 heteroatoms. The Balaban J connectivity index is 2.47. The molecule has 0 aliphatic heterocycles. The zero-order valence-electron chi connectivity index (χ0n) is 16.2. The fourth-order valence-electron chi connectivity index (χ4n) is 2.72. The first-order chi connectivity index (χ1) is 13.3. The molecule has 0 atom stereocenters. The average molecular weight is 407 g/mol. The highest BCUT2D eigenvalue weighted by atomic mass is 32.2. The van der Waals surface area contributed by atoms with E-state index in [-0.39, 0.29) is 16.1 Å². The molecule has 0 bridgehead atoms. The van der Waals surface area contributed by atoms with Gasteiger partial charge in [0.15, 0.2) is 5.82 Å². The molecule has 0 saturated carbocycles. The summed E-state index contributed by atoms with van der Waals surface area (Å²) in [6.07, 6.45) is 2.92. The van der Waals surface area contributed by atoms with Crippen LogP contribution in [0.15, 0.2) is 41.4 Å². The fraction of sp³-hybridized carbons (Fsp3) is 0.368. The zero-order chi connectivity index (χ0) is 20.7. The Kier molecular flexibility index (Phi) is 7.22. The number of aromatic nitrogens is 1. The van der Waals surface area contributed by atoms with Crippen molar-refractivity contribution in [3.63, 3.8) is 0 Å². The normalized spacial score (nSPS) is 11.1. The highest BCUT2D eigenvalue weighted by Gasteiger charge is 2.21. The van der Waals surface area contributed by atoms with Gasteiger partial charge in [0.2, 0.25) is 0 Å². The van der Waals surface area contributed by atoms with Crippen LogP contribution in [0.3, 0.4) is 0 Å². The second kappa shape index (κ2) is 9.41. The van der Waals surface area contributed by atoms with E-state index < -0.39 is 16.0 Å². The second-order valence-corrected chi connectivity index (χ2v) is 7.85. The van der Waals surface area contributed by atoms with Gasteiger partial charge in [-0.15, -0.1) is 0 Å². The van der Waals surface area contributed by atoms with Crippen LogP contribution in [0.25, 0.3) is 0 Å². The molecule has 1 aromatic carbocycles. The predicted molar refractivity (Wildman–Crippen MR) is 108 cm³/mol. The van der Waals surface area contributed by atoms with Crippen molar-refractivity contribution < 1.29 is 23.1 Å². The van der Waals surface area contributed by atoms with Crippen molar-refractivity contribution in [2.24, 2.45) is 0 Å². The highest BCUT2D eigenvalue weighted by molar-refractivity contribution is 7.92. The van der Waals surface area contributed by atoms with Crippen molar-refractivity contribution in [1.82, 2.24) is 4.98 Å². The van der Waals surface area contributed by atoms with E-state index in [1.165, 1.54) is 31.5 Å². The van der Waals surface area contributed by atoms with Gasteiger partial charge in [-0.1, -0.05) is 13.8 Å². The molecule has 2 aromatic rings. The minimum absolute atomic E-state index is 0.0394. The van der Waals surface area contributed by atoms with Gasteiger partial charge in [0.05, 0.1) is 23.3 Å². The Bertz CT molecular complexity index is 908. The highest BCUT2D eigenvalue weighted by Crippen LogP contribution is 2.28. The van der Waals surface area contributed by atoms with E-state index in [4.69, 9.17) is 4.74 Å². The molecule has 0 aliphatic rings. The summed E-state index contributed by atoms with van der Waals surface area (Å²) in [5.41, 5.74) is 0.0433. The molecular weight excluding hydrogens is 382 g/mol. The number of carboxylic acid groups (broad SMARTS) is 1. The van der Waals surface area contributed by atoms with E-state index in [9.17, 15) is 18.3 Å². The number of aromatic carboxylic acids is 1. The lowest BCUT2D eigenvalue weighted by Gasteiger charge is -2.25. The molecule has 0 saturated heterocycles. The summed E-state index contributed by atoms with van der Waals surface area (Å²) in [6, 6.07) is 7.23. The van der Waals surface area contributed by atoms with Crippen LogP contribution in [0.1, 0.15) is 37.0 Å². The minimum Gasteiger partial charge on any atom is -0.497 e.